The Bertz CT molecular complexity index is 418. The molecule has 2 fully saturated rings. The molecular formula is C15H21NO3. The van der Waals surface area contributed by atoms with E-state index >= 15 is 0 Å². The number of carbonyl (C=O) groups excluding carboxylic acids is 1. The number of carboxylic acid groups (broad SMARTS) is 1. The van der Waals surface area contributed by atoms with E-state index in [0.717, 1.165) is 32.1 Å². The van der Waals surface area contributed by atoms with Crippen molar-refractivity contribution in [1.29, 1.82) is 0 Å². The van der Waals surface area contributed by atoms with E-state index in [1.54, 1.807) is 0 Å². The molecule has 5 atom stereocenters. The normalized spacial score (nSPS) is 39.7. The first-order chi connectivity index (χ1) is 9.15. The Morgan fingerprint density at radius 1 is 1.16 bits per heavy atom. The maximum absolute atomic E-state index is 12.2. The van der Waals surface area contributed by atoms with Crippen molar-refractivity contribution in [2.75, 3.05) is 6.54 Å². The molecule has 2 bridgehead atoms. The van der Waals surface area contributed by atoms with Crippen LogP contribution in [-0.4, -0.2) is 23.5 Å². The highest BCUT2D eigenvalue weighted by Gasteiger charge is 2.40. The second-order valence-corrected chi connectivity index (χ2v) is 6.27. The van der Waals surface area contributed by atoms with Crippen LogP contribution in [0, 0.1) is 29.6 Å². The number of allylic oxidation sites excluding steroid dienone is 2. The van der Waals surface area contributed by atoms with E-state index in [9.17, 15) is 9.59 Å². The Labute approximate surface area is 113 Å². The van der Waals surface area contributed by atoms with E-state index in [0.29, 0.717) is 18.4 Å². The molecule has 0 radical (unpaired) electrons. The van der Waals surface area contributed by atoms with Crippen LogP contribution in [-0.2, 0) is 9.59 Å². The number of rotatable bonds is 4. The van der Waals surface area contributed by atoms with Gasteiger partial charge in [0.25, 0.3) is 0 Å². The third kappa shape index (κ3) is 2.40. The Hall–Kier alpha value is -1.32. The molecule has 2 saturated carbocycles. The minimum Gasteiger partial charge on any atom is -0.481 e. The van der Waals surface area contributed by atoms with Crippen LogP contribution in [0.1, 0.15) is 32.1 Å². The first-order valence-corrected chi connectivity index (χ1v) is 7.34. The fourth-order valence-corrected chi connectivity index (χ4v) is 4.05. The van der Waals surface area contributed by atoms with Crippen LogP contribution < -0.4 is 5.32 Å². The molecule has 104 valence electrons. The van der Waals surface area contributed by atoms with Crippen LogP contribution in [0.3, 0.4) is 0 Å². The number of nitrogens with one attached hydrogen (secondary N) is 1. The lowest BCUT2D eigenvalue weighted by atomic mass is 9.92. The van der Waals surface area contributed by atoms with Crippen molar-refractivity contribution in [3.8, 4) is 0 Å². The molecule has 2 N–H and O–H groups in total. The number of hydrogen-bond donors (Lipinski definition) is 2. The van der Waals surface area contributed by atoms with Crippen molar-refractivity contribution in [3.05, 3.63) is 12.2 Å². The molecule has 3 aliphatic rings. The molecular weight excluding hydrogens is 242 g/mol. The number of carboxylic acids is 1. The Morgan fingerprint density at radius 3 is 2.63 bits per heavy atom. The highest BCUT2D eigenvalue weighted by Crippen LogP contribution is 2.43. The van der Waals surface area contributed by atoms with Gasteiger partial charge < -0.3 is 10.4 Å². The Morgan fingerprint density at radius 2 is 2.00 bits per heavy atom. The first-order valence-electron chi connectivity index (χ1n) is 7.34. The van der Waals surface area contributed by atoms with Gasteiger partial charge in [-0.15, -0.1) is 0 Å². The molecule has 0 aromatic carbocycles. The smallest absolute Gasteiger partial charge is 0.306 e. The van der Waals surface area contributed by atoms with E-state index < -0.39 is 5.97 Å². The molecule has 3 aliphatic carbocycles. The monoisotopic (exact) mass is 263 g/mol. The number of hydrogen-bond acceptors (Lipinski definition) is 2. The Balaban J connectivity index is 1.51. The molecule has 0 aliphatic heterocycles. The minimum absolute atomic E-state index is 0.121. The zero-order chi connectivity index (χ0) is 13.4. The number of fused-ring (bicyclic) bond motifs is 2. The quantitative estimate of drug-likeness (QED) is 0.760. The number of carbonyl (C=O) groups is 2. The van der Waals surface area contributed by atoms with E-state index in [1.165, 1.54) is 0 Å². The third-order valence-corrected chi connectivity index (χ3v) is 5.13. The second kappa shape index (κ2) is 4.99. The van der Waals surface area contributed by atoms with Crippen LogP contribution in [0.15, 0.2) is 12.2 Å². The van der Waals surface area contributed by atoms with Crippen molar-refractivity contribution in [3.63, 3.8) is 0 Å². The van der Waals surface area contributed by atoms with Crippen molar-refractivity contribution in [2.45, 2.75) is 32.1 Å². The predicted octanol–water partition coefficient (Wildman–Crippen LogP) is 1.82. The number of aliphatic carboxylic acids is 1. The van der Waals surface area contributed by atoms with Crippen LogP contribution in [0.2, 0.25) is 0 Å². The lowest BCUT2D eigenvalue weighted by molar-refractivity contribution is -0.143. The van der Waals surface area contributed by atoms with Crippen molar-refractivity contribution in [2.24, 2.45) is 29.6 Å². The summed E-state index contributed by atoms with van der Waals surface area (Å²) in [5.41, 5.74) is 0. The molecule has 19 heavy (non-hydrogen) atoms. The van der Waals surface area contributed by atoms with Crippen molar-refractivity contribution >= 4 is 11.9 Å². The fraction of sp³-hybridized carbons (Fsp3) is 0.733. The molecule has 4 nitrogen and oxygen atoms in total. The van der Waals surface area contributed by atoms with E-state index in [4.69, 9.17) is 5.11 Å². The SMILES string of the molecule is O=C(NCC1CCCC1C(=O)O)C1CC2C=CC1C2. The summed E-state index contributed by atoms with van der Waals surface area (Å²) >= 11 is 0. The van der Waals surface area contributed by atoms with Gasteiger partial charge in [0.2, 0.25) is 5.91 Å². The van der Waals surface area contributed by atoms with Gasteiger partial charge in [0.15, 0.2) is 0 Å². The lowest BCUT2D eigenvalue weighted by Crippen LogP contribution is -2.37. The van der Waals surface area contributed by atoms with Crippen molar-refractivity contribution in [1.82, 2.24) is 5.32 Å². The molecule has 0 heterocycles. The summed E-state index contributed by atoms with van der Waals surface area (Å²) < 4.78 is 0. The summed E-state index contributed by atoms with van der Waals surface area (Å²) in [6.45, 7) is 0.535. The maximum Gasteiger partial charge on any atom is 0.306 e. The molecule has 5 unspecified atom stereocenters. The van der Waals surface area contributed by atoms with E-state index in [-0.39, 0.29) is 23.7 Å². The van der Waals surface area contributed by atoms with E-state index in [2.05, 4.69) is 17.5 Å². The average molecular weight is 263 g/mol. The summed E-state index contributed by atoms with van der Waals surface area (Å²) in [4.78, 5) is 23.3. The highest BCUT2D eigenvalue weighted by molar-refractivity contribution is 5.80. The van der Waals surface area contributed by atoms with Crippen LogP contribution in [0.4, 0.5) is 0 Å². The summed E-state index contributed by atoms with van der Waals surface area (Å²) in [5.74, 6) is 0.422. The van der Waals surface area contributed by atoms with Gasteiger partial charge in [0.05, 0.1) is 5.92 Å². The molecule has 1 amide bonds. The summed E-state index contributed by atoms with van der Waals surface area (Å²) in [5, 5.41) is 12.1. The fourth-order valence-electron chi connectivity index (χ4n) is 4.05. The summed E-state index contributed by atoms with van der Waals surface area (Å²) in [7, 11) is 0. The third-order valence-electron chi connectivity index (χ3n) is 5.13. The second-order valence-electron chi connectivity index (χ2n) is 6.27. The van der Waals surface area contributed by atoms with Gasteiger partial charge in [-0.25, -0.2) is 0 Å². The van der Waals surface area contributed by atoms with Gasteiger partial charge in [-0.05, 0) is 43.4 Å². The largest absolute Gasteiger partial charge is 0.481 e. The molecule has 0 saturated heterocycles. The minimum atomic E-state index is -0.709. The molecule has 4 heteroatoms. The van der Waals surface area contributed by atoms with Gasteiger partial charge in [-0.3, -0.25) is 9.59 Å². The summed E-state index contributed by atoms with van der Waals surface area (Å²) in [6.07, 6.45) is 9.15. The zero-order valence-electron chi connectivity index (χ0n) is 11.0. The average Bonchev–Trinajstić information content (AvgIpc) is 3.10. The van der Waals surface area contributed by atoms with Crippen LogP contribution >= 0.6 is 0 Å². The summed E-state index contributed by atoms with van der Waals surface area (Å²) in [6, 6.07) is 0. The zero-order valence-corrected chi connectivity index (χ0v) is 11.0. The van der Waals surface area contributed by atoms with Gasteiger partial charge in [0.1, 0.15) is 0 Å². The molecule has 0 spiro atoms. The van der Waals surface area contributed by atoms with Gasteiger partial charge in [-0.1, -0.05) is 18.6 Å². The van der Waals surface area contributed by atoms with Gasteiger partial charge in [-0.2, -0.15) is 0 Å². The van der Waals surface area contributed by atoms with Gasteiger partial charge >= 0.3 is 5.97 Å². The first kappa shape index (κ1) is 12.7. The van der Waals surface area contributed by atoms with Crippen LogP contribution in [0.25, 0.3) is 0 Å². The topological polar surface area (TPSA) is 66.4 Å². The standard InChI is InChI=1S/C15H21NO3/c17-14(13-7-9-4-5-10(13)6-9)16-8-11-2-1-3-12(11)15(18)19/h4-5,9-13H,1-3,6-8H2,(H,16,17)(H,18,19). The molecule has 0 aromatic heterocycles. The van der Waals surface area contributed by atoms with E-state index in [1.807, 2.05) is 0 Å². The molecule has 3 rings (SSSR count). The molecule has 0 aromatic rings. The van der Waals surface area contributed by atoms with Gasteiger partial charge in [0, 0.05) is 12.5 Å². The highest BCUT2D eigenvalue weighted by atomic mass is 16.4. The van der Waals surface area contributed by atoms with Crippen LogP contribution in [0.5, 0.6) is 0 Å². The predicted molar refractivity (Wildman–Crippen MR) is 70.3 cm³/mol. The maximum atomic E-state index is 12.2. The Kier molecular flexibility index (Phi) is 3.33. The number of amides is 1. The van der Waals surface area contributed by atoms with Crippen molar-refractivity contribution < 1.29 is 14.7 Å². The lowest BCUT2D eigenvalue weighted by Gasteiger charge is -2.21.